The van der Waals surface area contributed by atoms with Gasteiger partial charge in [-0.05, 0) is 44.5 Å². The molecule has 1 atom stereocenters. The van der Waals surface area contributed by atoms with Crippen LogP contribution in [0.3, 0.4) is 0 Å². The summed E-state index contributed by atoms with van der Waals surface area (Å²) in [7, 11) is 1.88. The van der Waals surface area contributed by atoms with Crippen LogP contribution in [-0.4, -0.2) is 53.0 Å². The second-order valence-electron chi connectivity index (χ2n) is 6.93. The molecule has 1 aromatic heterocycles. The number of benzene rings is 1. The number of nitrogens with one attached hydrogen (secondary N) is 1. The first kappa shape index (κ1) is 21.8. The Hall–Kier alpha value is -1.50. The quantitative estimate of drug-likeness (QED) is 0.714. The highest BCUT2D eigenvalue weighted by Gasteiger charge is 2.20. The van der Waals surface area contributed by atoms with Crippen LogP contribution in [-0.2, 0) is 11.3 Å². The molecule has 1 aliphatic heterocycles. The molecular formula is C20H29ClN4OS. The smallest absolute Gasteiger partial charge is 0.244 e. The van der Waals surface area contributed by atoms with E-state index in [-0.39, 0.29) is 18.3 Å². The van der Waals surface area contributed by atoms with Crippen LogP contribution in [0.2, 0.25) is 0 Å². The first-order chi connectivity index (χ1) is 12.6. The Kier molecular flexibility index (Phi) is 8.67. The minimum atomic E-state index is 0. The summed E-state index contributed by atoms with van der Waals surface area (Å²) < 4.78 is 1.88. The number of aromatic nitrogens is 2. The molecule has 3 rings (SSSR count). The third-order valence-electron chi connectivity index (χ3n) is 4.89. The number of hydrogen-bond acceptors (Lipinski definition) is 4. The van der Waals surface area contributed by atoms with Crippen LogP contribution in [0.1, 0.15) is 30.0 Å². The molecule has 7 heteroatoms. The molecule has 2 aromatic rings. The van der Waals surface area contributed by atoms with Gasteiger partial charge in [-0.25, -0.2) is 0 Å². The highest BCUT2D eigenvalue weighted by Crippen LogP contribution is 2.23. The molecule has 1 saturated heterocycles. The highest BCUT2D eigenvalue weighted by atomic mass is 35.5. The molecule has 1 aromatic carbocycles. The van der Waals surface area contributed by atoms with Crippen LogP contribution >= 0.6 is 24.2 Å². The second kappa shape index (κ2) is 10.7. The van der Waals surface area contributed by atoms with Crippen molar-refractivity contribution in [2.45, 2.75) is 37.1 Å². The zero-order chi connectivity index (χ0) is 18.4. The summed E-state index contributed by atoms with van der Waals surface area (Å²) in [5.74, 6) is 1.47. The van der Waals surface area contributed by atoms with Crippen LogP contribution in [0.5, 0.6) is 0 Å². The van der Waals surface area contributed by atoms with Crippen LogP contribution in [0.15, 0.2) is 41.4 Å². The van der Waals surface area contributed by atoms with Gasteiger partial charge in [-0.1, -0.05) is 17.7 Å². The lowest BCUT2D eigenvalue weighted by Crippen LogP contribution is -2.34. The summed E-state index contributed by atoms with van der Waals surface area (Å²) in [6, 6.07) is 10.6. The molecule has 0 aliphatic carbocycles. The molecule has 0 saturated carbocycles. The van der Waals surface area contributed by atoms with E-state index in [1.807, 2.05) is 22.8 Å². The van der Waals surface area contributed by atoms with E-state index in [9.17, 15) is 4.79 Å². The van der Waals surface area contributed by atoms with Gasteiger partial charge in [0.05, 0.1) is 0 Å². The molecule has 2 heterocycles. The Morgan fingerprint density at radius 2 is 2.11 bits per heavy atom. The fourth-order valence-corrected chi connectivity index (χ4v) is 4.16. The lowest BCUT2D eigenvalue weighted by Gasteiger charge is -2.24. The molecule has 0 bridgehead atoms. The second-order valence-corrected chi connectivity index (χ2v) is 8.10. The normalized spacial score (nSPS) is 16.6. The molecular weight excluding hydrogens is 380 g/mol. The third-order valence-corrected chi connectivity index (χ3v) is 5.88. The van der Waals surface area contributed by atoms with E-state index in [1.54, 1.807) is 11.8 Å². The van der Waals surface area contributed by atoms with E-state index < -0.39 is 0 Å². The number of piperidine rings is 1. The molecule has 1 amide bonds. The number of hydrogen-bond donors (Lipinski definition) is 1. The summed E-state index contributed by atoms with van der Waals surface area (Å²) in [5, 5.41) is 7.82. The SMILES string of the molecule is Cc1ccc(SCCN(C)C(=O)Cn2nccc2C2CCCNC2)cc1.Cl. The van der Waals surface area contributed by atoms with Crippen LogP contribution in [0.4, 0.5) is 0 Å². The fourth-order valence-electron chi connectivity index (χ4n) is 3.23. The van der Waals surface area contributed by atoms with Gasteiger partial charge in [0.1, 0.15) is 6.54 Å². The van der Waals surface area contributed by atoms with Gasteiger partial charge < -0.3 is 10.2 Å². The Balaban J connectivity index is 0.00000261. The van der Waals surface area contributed by atoms with Crippen molar-refractivity contribution >= 4 is 30.1 Å². The maximum absolute atomic E-state index is 12.6. The van der Waals surface area contributed by atoms with Crippen LogP contribution < -0.4 is 5.32 Å². The highest BCUT2D eigenvalue weighted by molar-refractivity contribution is 7.99. The minimum Gasteiger partial charge on any atom is -0.343 e. The molecule has 1 N–H and O–H groups in total. The van der Waals surface area contributed by atoms with E-state index >= 15 is 0 Å². The molecule has 148 valence electrons. The molecule has 1 unspecified atom stereocenters. The first-order valence-corrected chi connectivity index (χ1v) is 10.3. The number of thioether (sulfide) groups is 1. The molecule has 1 aliphatic rings. The molecule has 0 radical (unpaired) electrons. The number of nitrogens with zero attached hydrogens (tertiary/aromatic N) is 3. The van der Waals surface area contributed by atoms with Gasteiger partial charge in [-0.3, -0.25) is 9.48 Å². The number of amides is 1. The lowest BCUT2D eigenvalue weighted by atomic mass is 9.96. The van der Waals surface area contributed by atoms with E-state index in [1.165, 1.54) is 22.6 Å². The van der Waals surface area contributed by atoms with E-state index in [2.05, 4.69) is 47.7 Å². The topological polar surface area (TPSA) is 50.2 Å². The molecule has 27 heavy (non-hydrogen) atoms. The van der Waals surface area contributed by atoms with Gasteiger partial charge in [0.2, 0.25) is 5.91 Å². The van der Waals surface area contributed by atoms with Crippen molar-refractivity contribution in [1.82, 2.24) is 20.0 Å². The first-order valence-electron chi connectivity index (χ1n) is 9.29. The zero-order valence-electron chi connectivity index (χ0n) is 16.1. The van der Waals surface area contributed by atoms with Gasteiger partial charge in [-0.2, -0.15) is 5.10 Å². The number of carbonyl (C=O) groups excluding carboxylic acids is 1. The van der Waals surface area contributed by atoms with E-state index in [4.69, 9.17) is 0 Å². The van der Waals surface area contributed by atoms with Gasteiger partial charge in [-0.15, -0.1) is 24.2 Å². The van der Waals surface area contributed by atoms with Crippen molar-refractivity contribution in [3.05, 3.63) is 47.8 Å². The standard InChI is InChI=1S/C20H28N4OS.ClH/c1-16-5-7-18(8-6-16)26-13-12-23(2)20(25)15-24-19(9-11-22-24)17-4-3-10-21-14-17;/h5-9,11,17,21H,3-4,10,12-15H2,1-2H3;1H. The Bertz CT molecular complexity index is 713. The number of rotatable bonds is 7. The zero-order valence-corrected chi connectivity index (χ0v) is 17.7. The maximum atomic E-state index is 12.6. The Morgan fingerprint density at radius 1 is 1.33 bits per heavy atom. The number of likely N-dealkylation sites (N-methyl/N-ethyl adjacent to an activating group) is 1. The van der Waals surface area contributed by atoms with Crippen molar-refractivity contribution in [2.24, 2.45) is 0 Å². The molecule has 1 fully saturated rings. The summed E-state index contributed by atoms with van der Waals surface area (Å²) >= 11 is 1.78. The van der Waals surface area contributed by atoms with Crippen LogP contribution in [0, 0.1) is 6.92 Å². The van der Waals surface area contributed by atoms with Crippen molar-refractivity contribution in [3.8, 4) is 0 Å². The predicted molar refractivity (Wildman–Crippen MR) is 114 cm³/mol. The number of halogens is 1. The summed E-state index contributed by atoms with van der Waals surface area (Å²) in [6.07, 6.45) is 4.15. The third kappa shape index (κ3) is 6.26. The van der Waals surface area contributed by atoms with Gasteiger partial charge in [0.25, 0.3) is 0 Å². The van der Waals surface area contributed by atoms with Crippen LogP contribution in [0.25, 0.3) is 0 Å². The van der Waals surface area contributed by atoms with E-state index in [0.717, 1.165) is 31.8 Å². The largest absolute Gasteiger partial charge is 0.343 e. The summed E-state index contributed by atoms with van der Waals surface area (Å²) in [5.41, 5.74) is 2.44. The summed E-state index contributed by atoms with van der Waals surface area (Å²) in [6.45, 7) is 5.21. The lowest BCUT2D eigenvalue weighted by molar-refractivity contribution is -0.130. The van der Waals surface area contributed by atoms with E-state index in [0.29, 0.717) is 12.5 Å². The molecule has 0 spiro atoms. The average molecular weight is 409 g/mol. The molecule has 5 nitrogen and oxygen atoms in total. The Morgan fingerprint density at radius 3 is 2.81 bits per heavy atom. The van der Waals surface area contributed by atoms with Crippen molar-refractivity contribution in [3.63, 3.8) is 0 Å². The maximum Gasteiger partial charge on any atom is 0.244 e. The van der Waals surface area contributed by atoms with Gasteiger partial charge in [0.15, 0.2) is 0 Å². The number of carbonyl (C=O) groups is 1. The predicted octanol–water partition coefficient (Wildman–Crippen LogP) is 3.33. The minimum absolute atomic E-state index is 0. The monoisotopic (exact) mass is 408 g/mol. The van der Waals surface area contributed by atoms with Crippen molar-refractivity contribution in [1.29, 1.82) is 0 Å². The average Bonchev–Trinajstić information content (AvgIpc) is 3.12. The van der Waals surface area contributed by atoms with Crippen molar-refractivity contribution in [2.75, 3.05) is 32.4 Å². The van der Waals surface area contributed by atoms with Gasteiger partial charge in [0, 0.05) is 48.6 Å². The number of aryl methyl sites for hydroxylation is 1. The fraction of sp³-hybridized carbons (Fsp3) is 0.500. The summed E-state index contributed by atoms with van der Waals surface area (Å²) in [4.78, 5) is 15.6. The van der Waals surface area contributed by atoms with Crippen molar-refractivity contribution < 1.29 is 4.79 Å². The Labute approximate surface area is 172 Å². The van der Waals surface area contributed by atoms with Gasteiger partial charge >= 0.3 is 0 Å².